The van der Waals surface area contributed by atoms with Crippen LogP contribution in [-0.2, 0) is 5.41 Å². The maximum atomic E-state index is 2.38. The smallest absolute Gasteiger partial charge is 0.00872 e. The molecule has 1 aliphatic rings. The third kappa shape index (κ3) is 1.62. The van der Waals surface area contributed by atoms with E-state index >= 15 is 0 Å². The second-order valence-electron chi connectivity index (χ2n) is 5.51. The Kier molecular flexibility index (Phi) is 2.26. The molecule has 0 fully saturated rings. The number of rotatable bonds is 1. The van der Waals surface area contributed by atoms with Crippen LogP contribution in [0.15, 0.2) is 24.3 Å². The Balaban J connectivity index is 2.57. The molecule has 0 nitrogen and oxygen atoms in total. The molecule has 2 rings (SSSR count). The largest absolute Gasteiger partial charge is 0.0709 e. The highest BCUT2D eigenvalue weighted by atomic mass is 14.3. The van der Waals surface area contributed by atoms with Crippen molar-refractivity contribution in [3.8, 4) is 0 Å². The first-order valence-corrected chi connectivity index (χ1v) is 5.76. The quantitative estimate of drug-likeness (QED) is 0.626. The highest BCUT2D eigenvalue weighted by Gasteiger charge is 2.27. The van der Waals surface area contributed by atoms with Crippen molar-refractivity contribution >= 4 is 5.57 Å². The number of hydrogen-bond donors (Lipinski definition) is 0. The normalized spacial score (nSPS) is 17.9. The minimum Gasteiger partial charge on any atom is -0.0709 e. The monoisotopic (exact) mass is 200 g/mol. The molecule has 0 bridgehead atoms. The molecule has 1 aliphatic carbocycles. The summed E-state index contributed by atoms with van der Waals surface area (Å²) in [6, 6.07) is 6.94. The molecule has 0 saturated heterocycles. The van der Waals surface area contributed by atoms with Gasteiger partial charge in [-0.1, -0.05) is 52.0 Å². The van der Waals surface area contributed by atoms with Crippen molar-refractivity contribution in [3.05, 3.63) is 41.0 Å². The molecule has 15 heavy (non-hydrogen) atoms. The van der Waals surface area contributed by atoms with Gasteiger partial charge in [-0.05, 0) is 35.1 Å². The first kappa shape index (κ1) is 10.5. The Morgan fingerprint density at radius 1 is 1.13 bits per heavy atom. The van der Waals surface area contributed by atoms with E-state index in [0.29, 0.717) is 5.92 Å². The summed E-state index contributed by atoms with van der Waals surface area (Å²) in [4.78, 5) is 0. The number of fused-ring (bicyclic) bond motifs is 1. The molecule has 0 radical (unpaired) electrons. The van der Waals surface area contributed by atoms with Gasteiger partial charge in [0.25, 0.3) is 0 Å². The van der Waals surface area contributed by atoms with Crippen molar-refractivity contribution < 1.29 is 0 Å². The second-order valence-corrected chi connectivity index (χ2v) is 5.51. The number of benzene rings is 1. The zero-order valence-electron chi connectivity index (χ0n) is 10.4. The van der Waals surface area contributed by atoms with Crippen LogP contribution in [0.25, 0.3) is 5.57 Å². The van der Waals surface area contributed by atoms with E-state index < -0.39 is 0 Å². The standard InChI is InChI=1S/C15H20/c1-10(2)12-6-7-14-13(8-12)11(3)9-15(14,4)5/h6-10H,1-5H3. The molecule has 0 unspecified atom stereocenters. The lowest BCUT2D eigenvalue weighted by Crippen LogP contribution is -2.10. The fraction of sp³-hybridized carbons (Fsp3) is 0.467. The molecule has 0 N–H and O–H groups in total. The van der Waals surface area contributed by atoms with Gasteiger partial charge in [0.1, 0.15) is 0 Å². The molecule has 80 valence electrons. The molecule has 0 atom stereocenters. The minimum atomic E-state index is 0.217. The van der Waals surface area contributed by atoms with E-state index in [4.69, 9.17) is 0 Å². The fourth-order valence-corrected chi connectivity index (χ4v) is 2.51. The van der Waals surface area contributed by atoms with Crippen LogP contribution >= 0.6 is 0 Å². The Hall–Kier alpha value is -1.04. The average Bonchev–Trinajstić information content (AvgIpc) is 2.37. The molecule has 0 amide bonds. The zero-order valence-corrected chi connectivity index (χ0v) is 10.4. The third-order valence-electron chi connectivity index (χ3n) is 3.41. The van der Waals surface area contributed by atoms with Crippen LogP contribution in [0, 0.1) is 0 Å². The first-order valence-electron chi connectivity index (χ1n) is 5.76. The highest BCUT2D eigenvalue weighted by molar-refractivity contribution is 5.75. The summed E-state index contributed by atoms with van der Waals surface area (Å²) in [5.41, 5.74) is 6.02. The van der Waals surface area contributed by atoms with Gasteiger partial charge in [0.05, 0.1) is 0 Å². The summed E-state index contributed by atoms with van der Waals surface area (Å²) in [5.74, 6) is 0.617. The van der Waals surface area contributed by atoms with Crippen molar-refractivity contribution in [3.63, 3.8) is 0 Å². The van der Waals surface area contributed by atoms with Gasteiger partial charge in [0.2, 0.25) is 0 Å². The van der Waals surface area contributed by atoms with Crippen molar-refractivity contribution in [2.45, 2.75) is 46.0 Å². The molecule has 0 heterocycles. The molecule has 1 aromatic carbocycles. The molecule has 1 aromatic rings. The van der Waals surface area contributed by atoms with Gasteiger partial charge >= 0.3 is 0 Å². The van der Waals surface area contributed by atoms with E-state index in [-0.39, 0.29) is 5.41 Å². The van der Waals surface area contributed by atoms with Crippen LogP contribution in [0.1, 0.15) is 57.2 Å². The molecule has 0 aromatic heterocycles. The summed E-state index contributed by atoms with van der Waals surface area (Å²) in [5, 5.41) is 0. The van der Waals surface area contributed by atoms with Crippen molar-refractivity contribution in [2.75, 3.05) is 0 Å². The van der Waals surface area contributed by atoms with Gasteiger partial charge in [-0.2, -0.15) is 0 Å². The summed E-state index contributed by atoms with van der Waals surface area (Å²) in [6.45, 7) is 11.3. The van der Waals surface area contributed by atoms with Crippen LogP contribution in [0.2, 0.25) is 0 Å². The van der Waals surface area contributed by atoms with Gasteiger partial charge in [-0.15, -0.1) is 0 Å². The zero-order chi connectivity index (χ0) is 11.2. The summed E-state index contributed by atoms with van der Waals surface area (Å²) in [7, 11) is 0. The highest BCUT2D eigenvalue weighted by Crippen LogP contribution is 2.40. The fourth-order valence-electron chi connectivity index (χ4n) is 2.51. The lowest BCUT2D eigenvalue weighted by atomic mass is 9.86. The summed E-state index contributed by atoms with van der Waals surface area (Å²) < 4.78 is 0. The average molecular weight is 200 g/mol. The minimum absolute atomic E-state index is 0.217. The second kappa shape index (κ2) is 3.23. The van der Waals surface area contributed by atoms with Crippen molar-refractivity contribution in [2.24, 2.45) is 0 Å². The molecule has 0 saturated carbocycles. The van der Waals surface area contributed by atoms with Crippen LogP contribution in [0.4, 0.5) is 0 Å². The topological polar surface area (TPSA) is 0 Å². The van der Waals surface area contributed by atoms with Crippen LogP contribution in [0.3, 0.4) is 0 Å². The predicted octanol–water partition coefficient (Wildman–Crippen LogP) is 4.50. The lowest BCUT2D eigenvalue weighted by Gasteiger charge is -2.18. The van der Waals surface area contributed by atoms with Gasteiger partial charge in [-0.3, -0.25) is 0 Å². The van der Waals surface area contributed by atoms with Gasteiger partial charge in [-0.25, -0.2) is 0 Å². The Morgan fingerprint density at radius 2 is 1.80 bits per heavy atom. The molecule has 0 aliphatic heterocycles. The van der Waals surface area contributed by atoms with Gasteiger partial charge in [0, 0.05) is 5.41 Å². The Labute approximate surface area is 93.0 Å². The van der Waals surface area contributed by atoms with E-state index in [0.717, 1.165) is 0 Å². The van der Waals surface area contributed by atoms with E-state index in [9.17, 15) is 0 Å². The van der Waals surface area contributed by atoms with E-state index in [1.165, 1.54) is 22.3 Å². The van der Waals surface area contributed by atoms with Crippen molar-refractivity contribution in [1.82, 2.24) is 0 Å². The van der Waals surface area contributed by atoms with E-state index in [1.807, 2.05) is 0 Å². The number of hydrogen-bond acceptors (Lipinski definition) is 0. The van der Waals surface area contributed by atoms with Crippen LogP contribution in [0.5, 0.6) is 0 Å². The maximum Gasteiger partial charge on any atom is 0.00872 e. The molecular weight excluding hydrogens is 180 g/mol. The van der Waals surface area contributed by atoms with Gasteiger partial charge in [0.15, 0.2) is 0 Å². The first-order chi connectivity index (χ1) is 6.92. The molecule has 0 spiro atoms. The van der Waals surface area contributed by atoms with Crippen LogP contribution < -0.4 is 0 Å². The van der Waals surface area contributed by atoms with Gasteiger partial charge < -0.3 is 0 Å². The lowest BCUT2D eigenvalue weighted by molar-refractivity contribution is 0.682. The summed E-state index contributed by atoms with van der Waals surface area (Å²) >= 11 is 0. The third-order valence-corrected chi connectivity index (χ3v) is 3.41. The van der Waals surface area contributed by atoms with Crippen molar-refractivity contribution in [1.29, 1.82) is 0 Å². The molecule has 0 heteroatoms. The van der Waals surface area contributed by atoms with E-state index in [1.54, 1.807) is 0 Å². The summed E-state index contributed by atoms with van der Waals surface area (Å²) in [6.07, 6.45) is 2.38. The molecular formula is C15H20. The Bertz CT molecular complexity index is 420. The van der Waals surface area contributed by atoms with Crippen LogP contribution in [-0.4, -0.2) is 0 Å². The maximum absolute atomic E-state index is 2.38. The predicted molar refractivity (Wildman–Crippen MR) is 67.2 cm³/mol. The Morgan fingerprint density at radius 3 is 2.40 bits per heavy atom. The SMILES string of the molecule is CC1=CC(C)(C)c2ccc(C(C)C)cc21. The number of allylic oxidation sites excluding steroid dienone is 2. The van der Waals surface area contributed by atoms with E-state index in [2.05, 4.69) is 58.9 Å².